The molecule has 1 atom stereocenters. The summed E-state index contributed by atoms with van der Waals surface area (Å²) in [5.41, 5.74) is 6.89. The minimum atomic E-state index is -3.08. The van der Waals surface area contributed by atoms with Gasteiger partial charge in [-0.2, -0.15) is 0 Å². The molecule has 0 saturated carbocycles. The second-order valence-corrected chi connectivity index (χ2v) is 8.01. The average molecular weight is 304 g/mol. The van der Waals surface area contributed by atoms with Crippen molar-refractivity contribution in [3.8, 4) is 0 Å². The highest BCUT2D eigenvalue weighted by Crippen LogP contribution is 2.17. The second kappa shape index (κ2) is 6.49. The standard InChI is InChI=1S/C12H20N2O3S2/c1-9-4-6-18-11(9)8-14(2)12(15)10(13)5-7-19(3,16)17/h4,6,10H,5,7-8,13H2,1-3H3. The molecular formula is C12H20N2O3S2. The van der Waals surface area contributed by atoms with E-state index in [2.05, 4.69) is 0 Å². The summed E-state index contributed by atoms with van der Waals surface area (Å²) in [7, 11) is -1.40. The van der Waals surface area contributed by atoms with Crippen LogP contribution < -0.4 is 5.73 Å². The van der Waals surface area contributed by atoms with Crippen LogP contribution in [0.5, 0.6) is 0 Å². The second-order valence-electron chi connectivity index (χ2n) is 4.75. The Kier molecular flexibility index (Phi) is 5.51. The van der Waals surface area contributed by atoms with E-state index in [1.54, 1.807) is 23.3 Å². The van der Waals surface area contributed by atoms with Gasteiger partial charge < -0.3 is 10.6 Å². The fourth-order valence-corrected chi connectivity index (χ4v) is 3.25. The van der Waals surface area contributed by atoms with Gasteiger partial charge in [-0.05, 0) is 30.4 Å². The maximum atomic E-state index is 12.0. The molecule has 1 aromatic heterocycles. The normalized spacial score (nSPS) is 13.3. The van der Waals surface area contributed by atoms with Crippen LogP contribution in [-0.2, 0) is 21.2 Å². The maximum absolute atomic E-state index is 12.0. The molecule has 0 spiro atoms. The highest BCUT2D eigenvalue weighted by Gasteiger charge is 2.20. The molecule has 0 fully saturated rings. The third-order valence-corrected chi connectivity index (χ3v) is 4.83. The van der Waals surface area contributed by atoms with Gasteiger partial charge in [0.15, 0.2) is 0 Å². The van der Waals surface area contributed by atoms with E-state index in [-0.39, 0.29) is 18.1 Å². The summed E-state index contributed by atoms with van der Waals surface area (Å²) in [6.07, 6.45) is 1.30. The number of carbonyl (C=O) groups excluding carboxylic acids is 1. The number of thiophene rings is 1. The molecule has 0 aromatic carbocycles. The highest BCUT2D eigenvalue weighted by molar-refractivity contribution is 7.90. The molecule has 1 aromatic rings. The number of aryl methyl sites for hydroxylation is 1. The Balaban J connectivity index is 2.54. The van der Waals surface area contributed by atoms with Crippen LogP contribution in [0.4, 0.5) is 0 Å². The molecule has 0 radical (unpaired) electrons. The molecular weight excluding hydrogens is 284 g/mol. The third kappa shape index (κ3) is 5.30. The Labute approximate surface area is 118 Å². The van der Waals surface area contributed by atoms with Gasteiger partial charge in [0.2, 0.25) is 5.91 Å². The van der Waals surface area contributed by atoms with Crippen molar-refractivity contribution in [1.82, 2.24) is 4.90 Å². The van der Waals surface area contributed by atoms with Crippen LogP contribution in [0.1, 0.15) is 16.9 Å². The van der Waals surface area contributed by atoms with Crippen LogP contribution in [0.2, 0.25) is 0 Å². The number of hydrogen-bond acceptors (Lipinski definition) is 5. The lowest BCUT2D eigenvalue weighted by molar-refractivity contribution is -0.131. The molecule has 0 aliphatic rings. The Morgan fingerprint density at radius 2 is 2.16 bits per heavy atom. The first kappa shape index (κ1) is 16.1. The molecule has 0 aliphatic heterocycles. The van der Waals surface area contributed by atoms with Crippen molar-refractivity contribution in [3.05, 3.63) is 21.9 Å². The molecule has 0 bridgehead atoms. The molecule has 0 saturated heterocycles. The summed E-state index contributed by atoms with van der Waals surface area (Å²) in [4.78, 5) is 14.7. The molecule has 1 amide bonds. The van der Waals surface area contributed by atoms with Crippen LogP contribution in [0.15, 0.2) is 11.4 Å². The number of rotatable bonds is 6. The minimum Gasteiger partial charge on any atom is -0.339 e. The predicted molar refractivity (Wildman–Crippen MR) is 77.8 cm³/mol. The van der Waals surface area contributed by atoms with Gasteiger partial charge in [-0.15, -0.1) is 11.3 Å². The van der Waals surface area contributed by atoms with Crippen molar-refractivity contribution in [1.29, 1.82) is 0 Å². The molecule has 7 heteroatoms. The van der Waals surface area contributed by atoms with E-state index in [1.807, 2.05) is 18.4 Å². The largest absolute Gasteiger partial charge is 0.339 e. The summed E-state index contributed by atoms with van der Waals surface area (Å²) in [5.74, 6) is -0.289. The molecule has 19 heavy (non-hydrogen) atoms. The monoisotopic (exact) mass is 304 g/mol. The maximum Gasteiger partial charge on any atom is 0.239 e. The molecule has 5 nitrogen and oxygen atoms in total. The van der Waals surface area contributed by atoms with Crippen LogP contribution >= 0.6 is 11.3 Å². The van der Waals surface area contributed by atoms with E-state index in [0.29, 0.717) is 6.54 Å². The quantitative estimate of drug-likeness (QED) is 0.842. The smallest absolute Gasteiger partial charge is 0.239 e. The first-order valence-electron chi connectivity index (χ1n) is 5.92. The van der Waals surface area contributed by atoms with E-state index in [1.165, 1.54) is 0 Å². The lowest BCUT2D eigenvalue weighted by Gasteiger charge is -2.21. The molecule has 1 heterocycles. The van der Waals surface area contributed by atoms with E-state index in [0.717, 1.165) is 16.7 Å². The van der Waals surface area contributed by atoms with Gasteiger partial charge in [0.25, 0.3) is 0 Å². The zero-order valence-electron chi connectivity index (χ0n) is 11.4. The van der Waals surface area contributed by atoms with Crippen LogP contribution in [-0.4, -0.2) is 44.3 Å². The van der Waals surface area contributed by atoms with Gasteiger partial charge in [0.1, 0.15) is 9.84 Å². The van der Waals surface area contributed by atoms with Gasteiger partial charge in [-0.3, -0.25) is 4.79 Å². The summed E-state index contributed by atoms with van der Waals surface area (Å²) >= 11 is 1.59. The number of sulfone groups is 1. The van der Waals surface area contributed by atoms with Gasteiger partial charge in [-0.1, -0.05) is 0 Å². The number of likely N-dealkylation sites (N-methyl/N-ethyl adjacent to an activating group) is 1. The SMILES string of the molecule is Cc1ccsc1CN(C)C(=O)C(N)CCS(C)(=O)=O. The molecule has 0 aliphatic carbocycles. The lowest BCUT2D eigenvalue weighted by Crippen LogP contribution is -2.42. The Morgan fingerprint density at radius 1 is 1.53 bits per heavy atom. The average Bonchev–Trinajstić information content (AvgIpc) is 2.70. The first-order chi connectivity index (χ1) is 8.70. The van der Waals surface area contributed by atoms with Crippen molar-refractivity contribution in [2.75, 3.05) is 19.1 Å². The number of carbonyl (C=O) groups is 1. The fraction of sp³-hybridized carbons (Fsp3) is 0.583. The molecule has 1 unspecified atom stereocenters. The predicted octanol–water partition coefficient (Wildman–Crippen LogP) is 0.777. The molecule has 2 N–H and O–H groups in total. The van der Waals surface area contributed by atoms with E-state index >= 15 is 0 Å². The Hall–Kier alpha value is -0.920. The first-order valence-corrected chi connectivity index (χ1v) is 8.86. The minimum absolute atomic E-state index is 0.0637. The van der Waals surface area contributed by atoms with Crippen molar-refractivity contribution >= 4 is 27.1 Å². The molecule has 1 rings (SSSR count). The lowest BCUT2D eigenvalue weighted by atomic mass is 10.2. The number of nitrogens with two attached hydrogens (primary N) is 1. The van der Waals surface area contributed by atoms with Crippen LogP contribution in [0.25, 0.3) is 0 Å². The number of hydrogen-bond donors (Lipinski definition) is 1. The van der Waals surface area contributed by atoms with Crippen molar-refractivity contribution in [2.45, 2.75) is 25.9 Å². The van der Waals surface area contributed by atoms with Gasteiger partial charge in [0, 0.05) is 18.2 Å². The summed E-state index contributed by atoms with van der Waals surface area (Å²) in [5, 5.41) is 1.98. The van der Waals surface area contributed by atoms with Crippen molar-refractivity contribution in [3.63, 3.8) is 0 Å². The summed E-state index contributed by atoms with van der Waals surface area (Å²) < 4.78 is 22.1. The summed E-state index contributed by atoms with van der Waals surface area (Å²) in [6, 6.07) is 1.24. The van der Waals surface area contributed by atoms with Crippen molar-refractivity contribution in [2.24, 2.45) is 5.73 Å². The van der Waals surface area contributed by atoms with E-state index < -0.39 is 15.9 Å². The van der Waals surface area contributed by atoms with Gasteiger partial charge in [0.05, 0.1) is 18.3 Å². The van der Waals surface area contributed by atoms with Crippen molar-refractivity contribution < 1.29 is 13.2 Å². The highest BCUT2D eigenvalue weighted by atomic mass is 32.2. The Morgan fingerprint density at radius 3 is 2.63 bits per heavy atom. The fourth-order valence-electron chi connectivity index (χ4n) is 1.61. The van der Waals surface area contributed by atoms with Crippen LogP contribution in [0.3, 0.4) is 0 Å². The zero-order valence-corrected chi connectivity index (χ0v) is 13.1. The third-order valence-electron chi connectivity index (χ3n) is 2.84. The topological polar surface area (TPSA) is 80.5 Å². The summed E-state index contributed by atoms with van der Waals surface area (Å²) in [6.45, 7) is 2.50. The number of amides is 1. The Bertz CT molecular complexity index is 537. The van der Waals surface area contributed by atoms with Gasteiger partial charge in [-0.25, -0.2) is 8.42 Å². The van der Waals surface area contributed by atoms with E-state index in [9.17, 15) is 13.2 Å². The zero-order chi connectivity index (χ0) is 14.6. The van der Waals surface area contributed by atoms with Crippen LogP contribution in [0, 0.1) is 6.92 Å². The van der Waals surface area contributed by atoms with E-state index in [4.69, 9.17) is 5.73 Å². The van der Waals surface area contributed by atoms with Gasteiger partial charge >= 0.3 is 0 Å². The molecule has 108 valence electrons. The number of nitrogens with zero attached hydrogens (tertiary/aromatic N) is 1.